The van der Waals surface area contributed by atoms with Crippen LogP contribution in [0.2, 0.25) is 5.02 Å². The highest BCUT2D eigenvalue weighted by atomic mass is 79.9. The van der Waals surface area contributed by atoms with Crippen LogP contribution in [0.1, 0.15) is 17.4 Å². The molecule has 0 spiro atoms. The van der Waals surface area contributed by atoms with E-state index >= 15 is 0 Å². The Morgan fingerprint density at radius 3 is 2.86 bits per heavy atom. The van der Waals surface area contributed by atoms with Crippen LogP contribution in [0.5, 0.6) is 0 Å². The number of pyridine rings is 1. The Balaban J connectivity index is 1.88. The number of nitrogens with zero attached hydrogens (tertiary/aromatic N) is 4. The van der Waals surface area contributed by atoms with Gasteiger partial charge in [0.15, 0.2) is 0 Å². The van der Waals surface area contributed by atoms with E-state index in [0.29, 0.717) is 10.0 Å². The van der Waals surface area contributed by atoms with Crippen molar-refractivity contribution in [3.8, 4) is 5.69 Å². The fourth-order valence-corrected chi connectivity index (χ4v) is 4.86. The number of benzene rings is 1. The molecule has 4 rings (SSSR count). The van der Waals surface area contributed by atoms with Crippen molar-refractivity contribution in [2.45, 2.75) is 23.4 Å². The number of rotatable bonds is 5. The molecule has 6 nitrogen and oxygen atoms in total. The topological polar surface area (TPSA) is 72.9 Å². The van der Waals surface area contributed by atoms with Crippen molar-refractivity contribution in [2.24, 2.45) is 0 Å². The van der Waals surface area contributed by atoms with Gasteiger partial charge in [-0.3, -0.25) is 9.25 Å². The van der Waals surface area contributed by atoms with E-state index in [4.69, 9.17) is 11.6 Å². The van der Waals surface area contributed by atoms with Crippen LogP contribution in [0.15, 0.2) is 63.3 Å². The quantitative estimate of drug-likeness (QED) is 0.410. The van der Waals surface area contributed by atoms with E-state index in [1.807, 2.05) is 40.6 Å². The maximum atomic E-state index is 11.2. The van der Waals surface area contributed by atoms with Crippen molar-refractivity contribution in [1.82, 2.24) is 19.3 Å². The minimum atomic E-state index is -1.05. The molecule has 0 aliphatic rings. The van der Waals surface area contributed by atoms with Crippen LogP contribution >= 0.6 is 39.3 Å². The molecule has 0 radical (unpaired) electrons. The zero-order chi connectivity index (χ0) is 19.8. The van der Waals surface area contributed by atoms with E-state index < -0.39 is 5.97 Å². The van der Waals surface area contributed by atoms with Crippen molar-refractivity contribution in [2.75, 3.05) is 0 Å². The minimum Gasteiger partial charge on any atom is -0.477 e. The van der Waals surface area contributed by atoms with E-state index in [9.17, 15) is 9.90 Å². The summed E-state index contributed by atoms with van der Waals surface area (Å²) in [5.74, 6) is -1.05. The van der Waals surface area contributed by atoms with Crippen molar-refractivity contribution in [3.63, 3.8) is 0 Å². The summed E-state index contributed by atoms with van der Waals surface area (Å²) in [4.78, 5) is 16.4. The number of aryl methyl sites for hydroxylation is 1. The molecule has 0 saturated carbocycles. The van der Waals surface area contributed by atoms with Crippen LogP contribution in [-0.4, -0.2) is 30.4 Å². The molecule has 0 saturated heterocycles. The van der Waals surface area contributed by atoms with Gasteiger partial charge in [-0.15, -0.1) is 0 Å². The first-order chi connectivity index (χ1) is 13.5. The van der Waals surface area contributed by atoms with Gasteiger partial charge in [-0.1, -0.05) is 35.5 Å². The van der Waals surface area contributed by atoms with E-state index in [0.717, 1.165) is 32.6 Å². The summed E-state index contributed by atoms with van der Waals surface area (Å²) < 4.78 is 4.71. The Labute approximate surface area is 178 Å². The van der Waals surface area contributed by atoms with Crippen LogP contribution in [0.25, 0.3) is 16.6 Å². The number of hydrogen-bond acceptors (Lipinski definition) is 4. The highest BCUT2D eigenvalue weighted by Crippen LogP contribution is 2.42. The standard InChI is InChI=1S/C19H14BrClN4O2S/c1-2-24-10-12(9-22-24)25-15-8-11(21)6-7-13(15)17(18(25)20)28-16-5-3-4-14(23-16)19(26)27/h3-10H,2H2,1H3,(H,26,27). The molecule has 3 heterocycles. The highest BCUT2D eigenvalue weighted by Gasteiger charge is 2.20. The van der Waals surface area contributed by atoms with Gasteiger partial charge in [-0.2, -0.15) is 5.10 Å². The molecular formula is C19H14BrClN4O2S. The number of carbonyl (C=O) groups is 1. The zero-order valence-electron chi connectivity index (χ0n) is 14.6. The van der Waals surface area contributed by atoms with E-state index in [1.165, 1.54) is 17.8 Å². The van der Waals surface area contributed by atoms with Crippen LogP contribution < -0.4 is 0 Å². The van der Waals surface area contributed by atoms with Crippen LogP contribution in [0.3, 0.4) is 0 Å². The number of aromatic carboxylic acids is 1. The highest BCUT2D eigenvalue weighted by molar-refractivity contribution is 9.10. The summed E-state index contributed by atoms with van der Waals surface area (Å²) in [5.41, 5.74) is 1.84. The molecule has 142 valence electrons. The van der Waals surface area contributed by atoms with Crippen molar-refractivity contribution in [1.29, 1.82) is 0 Å². The maximum Gasteiger partial charge on any atom is 0.354 e. The van der Waals surface area contributed by atoms with Gasteiger partial charge in [0.05, 0.1) is 22.3 Å². The number of carboxylic acid groups (broad SMARTS) is 1. The van der Waals surface area contributed by atoms with Gasteiger partial charge in [-0.25, -0.2) is 9.78 Å². The largest absolute Gasteiger partial charge is 0.477 e. The minimum absolute atomic E-state index is 0.0112. The summed E-state index contributed by atoms with van der Waals surface area (Å²) in [6, 6.07) is 10.6. The molecule has 0 amide bonds. The second-order valence-electron chi connectivity index (χ2n) is 5.94. The molecule has 0 aliphatic heterocycles. The molecule has 4 aromatic rings. The molecule has 9 heteroatoms. The van der Waals surface area contributed by atoms with Gasteiger partial charge in [0.1, 0.15) is 15.3 Å². The summed E-state index contributed by atoms with van der Waals surface area (Å²) in [7, 11) is 0. The fraction of sp³-hybridized carbons (Fsp3) is 0.105. The molecule has 0 bridgehead atoms. The van der Waals surface area contributed by atoms with Crippen LogP contribution in [0, 0.1) is 0 Å². The molecule has 3 aromatic heterocycles. The Bertz CT molecular complexity index is 1200. The third-order valence-electron chi connectivity index (χ3n) is 4.18. The SMILES string of the molecule is CCn1cc(-n2c(Br)c(Sc3cccc(C(=O)O)n3)c3ccc(Cl)cc32)cn1. The van der Waals surface area contributed by atoms with Gasteiger partial charge in [0.2, 0.25) is 0 Å². The number of aromatic nitrogens is 4. The lowest BCUT2D eigenvalue weighted by Crippen LogP contribution is -1.99. The first-order valence-electron chi connectivity index (χ1n) is 8.38. The molecule has 0 atom stereocenters. The Morgan fingerprint density at radius 2 is 2.14 bits per heavy atom. The summed E-state index contributed by atoms with van der Waals surface area (Å²) in [5, 5.41) is 15.8. The maximum absolute atomic E-state index is 11.2. The Morgan fingerprint density at radius 1 is 1.32 bits per heavy atom. The number of fused-ring (bicyclic) bond motifs is 1. The fourth-order valence-electron chi connectivity index (χ4n) is 2.89. The number of halogens is 2. The molecule has 1 N–H and O–H groups in total. The Hall–Kier alpha value is -2.29. The first-order valence-corrected chi connectivity index (χ1v) is 10.4. The van der Waals surface area contributed by atoms with E-state index in [1.54, 1.807) is 18.3 Å². The van der Waals surface area contributed by atoms with Gasteiger partial charge in [-0.05, 0) is 47.1 Å². The van der Waals surface area contributed by atoms with Crippen molar-refractivity contribution < 1.29 is 9.90 Å². The van der Waals surface area contributed by atoms with Gasteiger partial charge in [0, 0.05) is 23.2 Å². The van der Waals surface area contributed by atoms with Gasteiger partial charge < -0.3 is 5.11 Å². The van der Waals surface area contributed by atoms with Gasteiger partial charge >= 0.3 is 5.97 Å². The number of hydrogen-bond donors (Lipinski definition) is 1. The monoisotopic (exact) mass is 476 g/mol. The molecule has 0 fully saturated rings. The van der Waals surface area contributed by atoms with E-state index in [2.05, 4.69) is 26.0 Å². The lowest BCUT2D eigenvalue weighted by molar-refractivity contribution is 0.0689. The predicted octanol–water partition coefficient (Wildman–Crippen LogP) is 5.51. The normalized spacial score (nSPS) is 11.2. The van der Waals surface area contributed by atoms with Crippen LogP contribution in [-0.2, 0) is 6.54 Å². The molecule has 0 aliphatic carbocycles. The van der Waals surface area contributed by atoms with Gasteiger partial charge in [0.25, 0.3) is 0 Å². The first kappa shape index (κ1) is 19.0. The average Bonchev–Trinajstić information content (AvgIpc) is 3.25. The molecule has 1 aromatic carbocycles. The van der Waals surface area contributed by atoms with E-state index in [-0.39, 0.29) is 5.69 Å². The average molecular weight is 478 g/mol. The summed E-state index contributed by atoms with van der Waals surface area (Å²) in [6.07, 6.45) is 3.76. The lowest BCUT2D eigenvalue weighted by Gasteiger charge is -2.05. The summed E-state index contributed by atoms with van der Waals surface area (Å²) in [6.45, 7) is 2.80. The lowest BCUT2D eigenvalue weighted by atomic mass is 10.2. The smallest absolute Gasteiger partial charge is 0.354 e. The summed E-state index contributed by atoms with van der Waals surface area (Å²) >= 11 is 11.4. The molecule has 0 unspecified atom stereocenters. The second kappa shape index (κ2) is 7.62. The van der Waals surface area contributed by atoms with Crippen LogP contribution in [0.4, 0.5) is 0 Å². The zero-order valence-corrected chi connectivity index (χ0v) is 17.8. The third kappa shape index (κ3) is 3.43. The predicted molar refractivity (Wildman–Crippen MR) is 113 cm³/mol. The Kier molecular flexibility index (Phi) is 5.18. The molecular weight excluding hydrogens is 464 g/mol. The number of carboxylic acids is 1. The van der Waals surface area contributed by atoms with Crippen molar-refractivity contribution >= 4 is 56.2 Å². The van der Waals surface area contributed by atoms with Crippen molar-refractivity contribution in [3.05, 3.63) is 64.1 Å². The third-order valence-corrected chi connectivity index (χ3v) is 6.48. The molecule has 28 heavy (non-hydrogen) atoms. The second-order valence-corrected chi connectivity index (χ2v) is 8.16.